The first-order chi connectivity index (χ1) is 16.3. The first kappa shape index (κ1) is 28.9. The van der Waals surface area contributed by atoms with Gasteiger partial charge in [-0.3, -0.25) is 13.9 Å². The molecule has 0 saturated heterocycles. The van der Waals surface area contributed by atoms with Crippen molar-refractivity contribution in [1.82, 2.24) is 10.2 Å². The maximum atomic E-state index is 13.3. The van der Waals surface area contributed by atoms with Gasteiger partial charge in [0.2, 0.25) is 21.8 Å². The van der Waals surface area contributed by atoms with Gasteiger partial charge in [-0.15, -0.1) is 0 Å². The van der Waals surface area contributed by atoms with E-state index in [0.29, 0.717) is 21.3 Å². The van der Waals surface area contributed by atoms with Crippen LogP contribution in [0.4, 0.5) is 5.69 Å². The lowest BCUT2D eigenvalue weighted by molar-refractivity contribution is -0.140. The summed E-state index contributed by atoms with van der Waals surface area (Å²) in [5.41, 5.74) is 1.92. The van der Waals surface area contributed by atoms with Crippen LogP contribution in [0.2, 0.25) is 10.0 Å². The molecule has 0 bridgehead atoms. The number of nitrogens with one attached hydrogen (secondary N) is 1. The van der Waals surface area contributed by atoms with Crippen molar-refractivity contribution < 1.29 is 18.0 Å². The standard InChI is InChI=1S/C25H33Cl2N3O4S/c1-17(2)28-25(32)19(4)29(16-20-9-6-10-21(26)15-20)24(31)13-8-14-30(35(5,33)34)23-12-7-11-22(27)18(23)3/h6-7,9-12,15,17,19H,8,13-14,16H2,1-5H3,(H,28,32). The Morgan fingerprint density at radius 1 is 1.06 bits per heavy atom. The minimum atomic E-state index is -3.60. The minimum Gasteiger partial charge on any atom is -0.352 e. The summed E-state index contributed by atoms with van der Waals surface area (Å²) in [5, 5.41) is 3.84. The van der Waals surface area contributed by atoms with Crippen LogP contribution in [0.1, 0.15) is 44.7 Å². The molecule has 0 aromatic heterocycles. The lowest BCUT2D eigenvalue weighted by Crippen LogP contribution is -2.49. The molecule has 1 N–H and O–H groups in total. The highest BCUT2D eigenvalue weighted by Crippen LogP contribution is 2.28. The van der Waals surface area contributed by atoms with Gasteiger partial charge in [0, 0.05) is 35.6 Å². The Labute approximate surface area is 218 Å². The molecule has 192 valence electrons. The highest BCUT2D eigenvalue weighted by molar-refractivity contribution is 7.92. The number of halogens is 2. The zero-order valence-corrected chi connectivity index (χ0v) is 23.0. The molecule has 10 heteroatoms. The van der Waals surface area contributed by atoms with Crippen LogP contribution in [0.25, 0.3) is 0 Å². The molecule has 1 unspecified atom stereocenters. The fourth-order valence-electron chi connectivity index (χ4n) is 3.67. The zero-order chi connectivity index (χ0) is 26.3. The number of hydrogen-bond acceptors (Lipinski definition) is 4. The van der Waals surface area contributed by atoms with E-state index in [9.17, 15) is 18.0 Å². The molecule has 2 amide bonds. The summed E-state index contributed by atoms with van der Waals surface area (Å²) in [7, 11) is -3.60. The molecular formula is C25H33Cl2N3O4S. The van der Waals surface area contributed by atoms with Crippen molar-refractivity contribution in [3.63, 3.8) is 0 Å². The second-order valence-electron chi connectivity index (χ2n) is 8.81. The van der Waals surface area contributed by atoms with Gasteiger partial charge in [0.25, 0.3) is 0 Å². The number of carbonyl (C=O) groups excluding carboxylic acids is 2. The van der Waals surface area contributed by atoms with E-state index in [-0.39, 0.29) is 43.8 Å². The van der Waals surface area contributed by atoms with Gasteiger partial charge in [0.1, 0.15) is 6.04 Å². The van der Waals surface area contributed by atoms with Gasteiger partial charge < -0.3 is 10.2 Å². The van der Waals surface area contributed by atoms with E-state index >= 15 is 0 Å². The van der Waals surface area contributed by atoms with E-state index in [1.807, 2.05) is 19.9 Å². The number of hydrogen-bond donors (Lipinski definition) is 1. The molecule has 2 aromatic rings. The minimum absolute atomic E-state index is 0.0610. The van der Waals surface area contributed by atoms with Crippen LogP contribution < -0.4 is 9.62 Å². The molecule has 0 heterocycles. The van der Waals surface area contributed by atoms with E-state index < -0.39 is 16.1 Å². The number of amides is 2. The maximum Gasteiger partial charge on any atom is 0.242 e. The smallest absolute Gasteiger partial charge is 0.242 e. The predicted octanol–water partition coefficient (Wildman–Crippen LogP) is 4.79. The number of anilines is 1. The van der Waals surface area contributed by atoms with Gasteiger partial charge in [0.15, 0.2) is 0 Å². The molecule has 35 heavy (non-hydrogen) atoms. The quantitative estimate of drug-likeness (QED) is 0.443. The van der Waals surface area contributed by atoms with Gasteiger partial charge in [0.05, 0.1) is 11.9 Å². The lowest BCUT2D eigenvalue weighted by atomic mass is 10.1. The number of rotatable bonds is 11. The number of sulfonamides is 1. The summed E-state index contributed by atoms with van der Waals surface area (Å²) >= 11 is 12.3. The molecule has 0 aliphatic heterocycles. The Morgan fingerprint density at radius 2 is 1.71 bits per heavy atom. The van der Waals surface area contributed by atoms with Crippen LogP contribution in [0, 0.1) is 6.92 Å². The maximum absolute atomic E-state index is 13.3. The van der Waals surface area contributed by atoms with Gasteiger partial charge in [-0.1, -0.05) is 41.4 Å². The highest BCUT2D eigenvalue weighted by Gasteiger charge is 2.27. The summed E-state index contributed by atoms with van der Waals surface area (Å²) < 4.78 is 26.3. The molecule has 0 saturated carbocycles. The van der Waals surface area contributed by atoms with Crippen LogP contribution in [-0.4, -0.2) is 50.0 Å². The van der Waals surface area contributed by atoms with Crippen molar-refractivity contribution in [2.45, 2.75) is 59.2 Å². The average molecular weight is 543 g/mol. The Kier molecular flexibility index (Phi) is 10.4. The van der Waals surface area contributed by atoms with Gasteiger partial charge in [-0.05, 0) is 69.5 Å². The van der Waals surface area contributed by atoms with Crippen LogP contribution in [-0.2, 0) is 26.2 Å². The molecular weight excluding hydrogens is 509 g/mol. The second-order valence-corrected chi connectivity index (χ2v) is 11.6. The van der Waals surface area contributed by atoms with Crippen LogP contribution in [0.3, 0.4) is 0 Å². The van der Waals surface area contributed by atoms with E-state index in [0.717, 1.165) is 11.8 Å². The largest absolute Gasteiger partial charge is 0.352 e. The number of carbonyl (C=O) groups is 2. The third kappa shape index (κ3) is 8.40. The van der Waals surface area contributed by atoms with Crippen molar-refractivity contribution in [2.75, 3.05) is 17.1 Å². The zero-order valence-electron chi connectivity index (χ0n) is 20.7. The van der Waals surface area contributed by atoms with Crippen molar-refractivity contribution in [3.8, 4) is 0 Å². The fourth-order valence-corrected chi connectivity index (χ4v) is 5.07. The molecule has 0 aliphatic rings. The molecule has 0 aliphatic carbocycles. The van der Waals surface area contributed by atoms with Crippen molar-refractivity contribution in [3.05, 3.63) is 63.6 Å². The third-order valence-corrected chi connectivity index (χ3v) is 7.32. The van der Waals surface area contributed by atoms with Gasteiger partial charge in [-0.2, -0.15) is 0 Å². The third-order valence-electron chi connectivity index (χ3n) is 5.50. The van der Waals surface area contributed by atoms with Crippen molar-refractivity contribution >= 4 is 50.7 Å². The van der Waals surface area contributed by atoms with E-state index in [2.05, 4.69) is 5.32 Å². The number of nitrogens with zero attached hydrogens (tertiary/aromatic N) is 2. The van der Waals surface area contributed by atoms with E-state index in [1.54, 1.807) is 50.2 Å². The Bertz CT molecular complexity index is 1160. The molecule has 0 spiro atoms. The first-order valence-corrected chi connectivity index (χ1v) is 14.0. The summed E-state index contributed by atoms with van der Waals surface area (Å²) in [5.74, 6) is -0.518. The fraction of sp³-hybridized carbons (Fsp3) is 0.440. The molecule has 2 rings (SSSR count). The monoisotopic (exact) mass is 541 g/mol. The molecule has 7 nitrogen and oxygen atoms in total. The van der Waals surface area contributed by atoms with Crippen LogP contribution in [0.5, 0.6) is 0 Å². The summed E-state index contributed by atoms with van der Waals surface area (Å²) in [6.07, 6.45) is 1.45. The lowest BCUT2D eigenvalue weighted by Gasteiger charge is -2.30. The van der Waals surface area contributed by atoms with Crippen molar-refractivity contribution in [1.29, 1.82) is 0 Å². The summed E-state index contributed by atoms with van der Waals surface area (Å²) in [6.45, 7) is 7.44. The van der Waals surface area contributed by atoms with E-state index in [4.69, 9.17) is 23.2 Å². The molecule has 0 radical (unpaired) electrons. The van der Waals surface area contributed by atoms with Gasteiger partial charge >= 0.3 is 0 Å². The average Bonchev–Trinajstić information content (AvgIpc) is 2.75. The highest BCUT2D eigenvalue weighted by atomic mass is 35.5. The molecule has 0 fully saturated rings. The van der Waals surface area contributed by atoms with Crippen molar-refractivity contribution in [2.24, 2.45) is 0 Å². The number of benzene rings is 2. The molecule has 2 aromatic carbocycles. The Hall–Kier alpha value is -2.29. The summed E-state index contributed by atoms with van der Waals surface area (Å²) in [6, 6.07) is 11.4. The van der Waals surface area contributed by atoms with Crippen LogP contribution in [0.15, 0.2) is 42.5 Å². The van der Waals surface area contributed by atoms with Gasteiger partial charge in [-0.25, -0.2) is 8.42 Å². The second kappa shape index (κ2) is 12.6. The Balaban J connectivity index is 2.21. The topological polar surface area (TPSA) is 86.8 Å². The summed E-state index contributed by atoms with van der Waals surface area (Å²) in [4.78, 5) is 27.5. The predicted molar refractivity (Wildman–Crippen MR) is 142 cm³/mol. The normalized spacial score (nSPS) is 12.3. The van der Waals surface area contributed by atoms with E-state index in [1.165, 1.54) is 9.21 Å². The first-order valence-electron chi connectivity index (χ1n) is 11.4. The van der Waals surface area contributed by atoms with Crippen LogP contribution >= 0.6 is 23.2 Å². The Morgan fingerprint density at radius 3 is 2.31 bits per heavy atom. The SMILES string of the molecule is Cc1c(Cl)cccc1N(CCCC(=O)N(Cc1cccc(Cl)c1)C(C)C(=O)NC(C)C)S(C)(=O)=O. The molecule has 1 atom stereocenters.